The molecule has 0 radical (unpaired) electrons. The van der Waals surface area contributed by atoms with E-state index < -0.39 is 0 Å². The van der Waals surface area contributed by atoms with Crippen LogP contribution in [0.25, 0.3) is 0 Å². The third-order valence-corrected chi connectivity index (χ3v) is 2.89. The van der Waals surface area contributed by atoms with E-state index in [1.165, 1.54) is 0 Å². The first-order valence-corrected chi connectivity index (χ1v) is 5.47. The fourth-order valence-electron chi connectivity index (χ4n) is 1.70. The molecule has 3 heteroatoms. The van der Waals surface area contributed by atoms with E-state index in [0.29, 0.717) is 24.9 Å². The minimum atomic E-state index is -0.0973. The van der Waals surface area contributed by atoms with Gasteiger partial charge in [0.15, 0.2) is 0 Å². The van der Waals surface area contributed by atoms with Crippen molar-refractivity contribution in [3.8, 4) is 0 Å². The maximum Gasteiger partial charge on any atom is 0.305 e. The molecular formula is C11H20O3. The van der Waals surface area contributed by atoms with Crippen LogP contribution in [-0.2, 0) is 14.3 Å². The molecule has 0 spiro atoms. The minimum absolute atomic E-state index is 0.0973. The summed E-state index contributed by atoms with van der Waals surface area (Å²) in [7, 11) is 0. The molecule has 1 fully saturated rings. The summed E-state index contributed by atoms with van der Waals surface area (Å²) in [5.41, 5.74) is 0. The number of hydrogen-bond acceptors (Lipinski definition) is 3. The van der Waals surface area contributed by atoms with Crippen LogP contribution >= 0.6 is 0 Å². The molecule has 2 unspecified atom stereocenters. The molecule has 0 saturated carbocycles. The first-order valence-electron chi connectivity index (χ1n) is 5.47. The van der Waals surface area contributed by atoms with Crippen LogP contribution in [0.5, 0.6) is 0 Å². The highest BCUT2D eigenvalue weighted by Crippen LogP contribution is 2.24. The van der Waals surface area contributed by atoms with Crippen LogP contribution in [0.4, 0.5) is 0 Å². The Hall–Kier alpha value is -0.570. The number of esters is 1. The minimum Gasteiger partial charge on any atom is -0.466 e. The van der Waals surface area contributed by atoms with Gasteiger partial charge >= 0.3 is 5.97 Å². The molecule has 0 bridgehead atoms. The molecule has 1 heterocycles. The lowest BCUT2D eigenvalue weighted by Gasteiger charge is -2.16. The Bertz CT molecular complexity index is 173. The zero-order valence-electron chi connectivity index (χ0n) is 9.12. The summed E-state index contributed by atoms with van der Waals surface area (Å²) in [5, 5.41) is 0. The Morgan fingerprint density at radius 3 is 3.00 bits per heavy atom. The summed E-state index contributed by atoms with van der Waals surface area (Å²) >= 11 is 0. The van der Waals surface area contributed by atoms with Crippen molar-refractivity contribution in [1.82, 2.24) is 0 Å². The maximum absolute atomic E-state index is 10.9. The zero-order valence-corrected chi connectivity index (χ0v) is 9.12. The average molecular weight is 200 g/mol. The summed E-state index contributed by atoms with van der Waals surface area (Å²) in [6.45, 7) is 6.35. The first-order chi connectivity index (χ1) is 6.74. The average Bonchev–Trinajstić information content (AvgIpc) is 2.70. The van der Waals surface area contributed by atoms with Gasteiger partial charge in [-0.05, 0) is 24.7 Å². The topological polar surface area (TPSA) is 35.5 Å². The Morgan fingerprint density at radius 2 is 2.43 bits per heavy atom. The number of carbonyl (C=O) groups excluding carboxylic acids is 1. The van der Waals surface area contributed by atoms with Gasteiger partial charge in [0.1, 0.15) is 0 Å². The van der Waals surface area contributed by atoms with E-state index in [1.807, 2.05) is 6.92 Å². The monoisotopic (exact) mass is 200 g/mol. The Kier molecular flexibility index (Phi) is 4.94. The van der Waals surface area contributed by atoms with Gasteiger partial charge in [0.25, 0.3) is 0 Å². The molecule has 82 valence electrons. The van der Waals surface area contributed by atoms with Gasteiger partial charge < -0.3 is 9.47 Å². The number of ether oxygens (including phenoxy) is 2. The van der Waals surface area contributed by atoms with Crippen LogP contribution < -0.4 is 0 Å². The second kappa shape index (κ2) is 6.02. The standard InChI is InChI=1S/C11H20O3/c1-3-11(12)14-7-4-9(2)10-5-6-13-8-10/h9-10H,3-8H2,1-2H3. The molecule has 0 aromatic carbocycles. The lowest BCUT2D eigenvalue weighted by atomic mass is 9.91. The second-order valence-electron chi connectivity index (χ2n) is 3.96. The van der Waals surface area contributed by atoms with Crippen LogP contribution in [0.1, 0.15) is 33.1 Å². The molecule has 0 N–H and O–H groups in total. The van der Waals surface area contributed by atoms with Crippen molar-refractivity contribution in [3.05, 3.63) is 0 Å². The number of carbonyl (C=O) groups is 1. The molecule has 0 aliphatic carbocycles. The van der Waals surface area contributed by atoms with Crippen molar-refractivity contribution in [2.45, 2.75) is 33.1 Å². The van der Waals surface area contributed by atoms with Crippen LogP contribution in [0.2, 0.25) is 0 Å². The lowest BCUT2D eigenvalue weighted by Crippen LogP contribution is -2.15. The summed E-state index contributed by atoms with van der Waals surface area (Å²) in [5.74, 6) is 1.16. The molecule has 0 amide bonds. The molecule has 0 aromatic rings. The van der Waals surface area contributed by atoms with Gasteiger partial charge in [0.05, 0.1) is 6.61 Å². The molecular weight excluding hydrogens is 180 g/mol. The van der Waals surface area contributed by atoms with E-state index in [-0.39, 0.29) is 5.97 Å². The molecule has 1 aliphatic heterocycles. The van der Waals surface area contributed by atoms with Gasteiger partial charge in [-0.25, -0.2) is 0 Å². The van der Waals surface area contributed by atoms with E-state index in [9.17, 15) is 4.79 Å². The third-order valence-electron chi connectivity index (χ3n) is 2.89. The highest BCUT2D eigenvalue weighted by Gasteiger charge is 2.22. The summed E-state index contributed by atoms with van der Waals surface area (Å²) in [6.07, 6.45) is 2.59. The van der Waals surface area contributed by atoms with E-state index in [2.05, 4.69) is 6.92 Å². The van der Waals surface area contributed by atoms with Crippen molar-refractivity contribution in [2.75, 3.05) is 19.8 Å². The number of hydrogen-bond donors (Lipinski definition) is 0. The molecule has 14 heavy (non-hydrogen) atoms. The Morgan fingerprint density at radius 1 is 1.64 bits per heavy atom. The molecule has 0 aromatic heterocycles. The van der Waals surface area contributed by atoms with Gasteiger partial charge in [0, 0.05) is 19.6 Å². The van der Waals surface area contributed by atoms with E-state index in [1.54, 1.807) is 0 Å². The zero-order chi connectivity index (χ0) is 10.4. The largest absolute Gasteiger partial charge is 0.466 e. The van der Waals surface area contributed by atoms with E-state index in [4.69, 9.17) is 9.47 Å². The fraction of sp³-hybridized carbons (Fsp3) is 0.909. The van der Waals surface area contributed by atoms with Crippen molar-refractivity contribution >= 4 is 5.97 Å². The summed E-state index contributed by atoms with van der Waals surface area (Å²) < 4.78 is 10.4. The maximum atomic E-state index is 10.9. The predicted molar refractivity (Wildman–Crippen MR) is 54.0 cm³/mol. The van der Waals surface area contributed by atoms with Crippen molar-refractivity contribution in [1.29, 1.82) is 0 Å². The predicted octanol–water partition coefficient (Wildman–Crippen LogP) is 2.00. The molecule has 1 saturated heterocycles. The summed E-state index contributed by atoms with van der Waals surface area (Å²) in [6, 6.07) is 0. The van der Waals surface area contributed by atoms with E-state index >= 15 is 0 Å². The fourth-order valence-corrected chi connectivity index (χ4v) is 1.70. The van der Waals surface area contributed by atoms with Gasteiger partial charge in [-0.2, -0.15) is 0 Å². The quantitative estimate of drug-likeness (QED) is 0.637. The lowest BCUT2D eigenvalue weighted by molar-refractivity contribution is -0.143. The highest BCUT2D eigenvalue weighted by molar-refractivity contribution is 5.68. The van der Waals surface area contributed by atoms with Gasteiger partial charge in [-0.3, -0.25) is 4.79 Å². The van der Waals surface area contributed by atoms with Crippen LogP contribution in [0.15, 0.2) is 0 Å². The normalized spacial score (nSPS) is 23.4. The first kappa shape index (κ1) is 11.5. The second-order valence-corrected chi connectivity index (χ2v) is 3.96. The van der Waals surface area contributed by atoms with Crippen LogP contribution in [0.3, 0.4) is 0 Å². The van der Waals surface area contributed by atoms with Crippen LogP contribution in [-0.4, -0.2) is 25.8 Å². The third kappa shape index (κ3) is 3.66. The molecule has 2 atom stereocenters. The van der Waals surface area contributed by atoms with Crippen LogP contribution in [0, 0.1) is 11.8 Å². The SMILES string of the molecule is CCC(=O)OCCC(C)C1CCOC1. The van der Waals surface area contributed by atoms with Gasteiger partial charge in [-0.15, -0.1) is 0 Å². The smallest absolute Gasteiger partial charge is 0.305 e. The molecule has 3 nitrogen and oxygen atoms in total. The van der Waals surface area contributed by atoms with Gasteiger partial charge in [0.2, 0.25) is 0 Å². The Balaban J connectivity index is 2.08. The number of rotatable bonds is 5. The molecule has 1 rings (SSSR count). The van der Waals surface area contributed by atoms with Crippen molar-refractivity contribution < 1.29 is 14.3 Å². The molecule has 1 aliphatic rings. The van der Waals surface area contributed by atoms with Crippen molar-refractivity contribution in [3.63, 3.8) is 0 Å². The van der Waals surface area contributed by atoms with E-state index in [0.717, 1.165) is 26.1 Å². The highest BCUT2D eigenvalue weighted by atomic mass is 16.5. The van der Waals surface area contributed by atoms with Gasteiger partial charge in [-0.1, -0.05) is 13.8 Å². The van der Waals surface area contributed by atoms with Crippen molar-refractivity contribution in [2.24, 2.45) is 11.8 Å². The Labute approximate surface area is 85.8 Å². The summed E-state index contributed by atoms with van der Waals surface area (Å²) in [4.78, 5) is 10.9.